The standard InChI is InChI=1S/C23H31Cl2N3O3/c1-17-23(31)27(11-3-2-10-26-12-4-5-19(26)16-29)13-14-28(17)22(30)9-7-18-6-8-20(24)21(25)15-18/h6-9,15,17,19,29H,2-5,10-14,16H2,1H3/b9-7+/t17?,19-/m1/s1. The van der Waals surface area contributed by atoms with E-state index in [1.807, 2.05) is 4.90 Å². The van der Waals surface area contributed by atoms with Crippen LogP contribution in [0.25, 0.3) is 6.08 Å². The lowest BCUT2D eigenvalue weighted by atomic mass is 10.1. The van der Waals surface area contributed by atoms with Crippen LogP contribution in [0.4, 0.5) is 0 Å². The number of piperazine rings is 1. The third kappa shape index (κ3) is 6.22. The molecule has 2 amide bonds. The van der Waals surface area contributed by atoms with Crippen molar-refractivity contribution >= 4 is 41.1 Å². The number of carbonyl (C=O) groups is 2. The fourth-order valence-corrected chi connectivity index (χ4v) is 4.65. The summed E-state index contributed by atoms with van der Waals surface area (Å²) < 4.78 is 0. The molecule has 3 rings (SSSR count). The van der Waals surface area contributed by atoms with E-state index in [4.69, 9.17) is 23.2 Å². The highest BCUT2D eigenvalue weighted by Crippen LogP contribution is 2.23. The average molecular weight is 468 g/mol. The number of unbranched alkanes of at least 4 members (excludes halogenated alkanes) is 1. The number of carbonyl (C=O) groups excluding carboxylic acids is 2. The summed E-state index contributed by atoms with van der Waals surface area (Å²) in [6.07, 6.45) is 7.32. The molecule has 0 aromatic heterocycles. The Morgan fingerprint density at radius 1 is 1.16 bits per heavy atom. The molecule has 1 aromatic rings. The third-order valence-electron chi connectivity index (χ3n) is 6.23. The van der Waals surface area contributed by atoms with Crippen LogP contribution < -0.4 is 0 Å². The second kappa shape index (κ2) is 11.3. The van der Waals surface area contributed by atoms with Crippen molar-refractivity contribution in [3.05, 3.63) is 39.9 Å². The molecule has 8 heteroatoms. The highest BCUT2D eigenvalue weighted by atomic mass is 35.5. The Morgan fingerprint density at radius 3 is 2.68 bits per heavy atom. The van der Waals surface area contributed by atoms with Gasteiger partial charge in [0.15, 0.2) is 0 Å². The van der Waals surface area contributed by atoms with Gasteiger partial charge >= 0.3 is 0 Å². The van der Waals surface area contributed by atoms with E-state index in [0.29, 0.717) is 35.7 Å². The van der Waals surface area contributed by atoms with E-state index in [1.165, 1.54) is 6.08 Å². The first kappa shape index (κ1) is 24.1. The van der Waals surface area contributed by atoms with Gasteiger partial charge in [-0.25, -0.2) is 0 Å². The van der Waals surface area contributed by atoms with Crippen LogP contribution in [0.2, 0.25) is 10.0 Å². The van der Waals surface area contributed by atoms with Crippen LogP contribution in [-0.4, -0.2) is 83.0 Å². The maximum atomic E-state index is 12.8. The molecular formula is C23H31Cl2N3O3. The Bertz CT molecular complexity index is 817. The topological polar surface area (TPSA) is 64.1 Å². The molecule has 31 heavy (non-hydrogen) atoms. The van der Waals surface area contributed by atoms with Crippen LogP contribution in [0.3, 0.4) is 0 Å². The monoisotopic (exact) mass is 467 g/mol. The molecular weight excluding hydrogens is 437 g/mol. The second-order valence-electron chi connectivity index (χ2n) is 8.26. The number of halogens is 2. The van der Waals surface area contributed by atoms with Crippen LogP contribution in [0, 0.1) is 0 Å². The minimum absolute atomic E-state index is 0.00283. The van der Waals surface area contributed by atoms with Crippen molar-refractivity contribution < 1.29 is 14.7 Å². The van der Waals surface area contributed by atoms with Crippen molar-refractivity contribution in [2.24, 2.45) is 0 Å². The van der Waals surface area contributed by atoms with Gasteiger partial charge in [-0.15, -0.1) is 0 Å². The summed E-state index contributed by atoms with van der Waals surface area (Å²) in [6.45, 7) is 5.82. The van der Waals surface area contributed by atoms with Crippen LogP contribution >= 0.6 is 23.2 Å². The van der Waals surface area contributed by atoms with Crippen molar-refractivity contribution in [1.29, 1.82) is 0 Å². The quantitative estimate of drug-likeness (QED) is 0.470. The maximum absolute atomic E-state index is 12.8. The van der Waals surface area contributed by atoms with E-state index in [0.717, 1.165) is 44.3 Å². The molecule has 2 fully saturated rings. The Morgan fingerprint density at radius 2 is 1.94 bits per heavy atom. The molecule has 0 radical (unpaired) electrons. The summed E-state index contributed by atoms with van der Waals surface area (Å²) in [4.78, 5) is 31.2. The largest absolute Gasteiger partial charge is 0.395 e. The van der Waals surface area contributed by atoms with Crippen LogP contribution in [0.1, 0.15) is 38.2 Å². The van der Waals surface area contributed by atoms with Gasteiger partial charge in [-0.3, -0.25) is 14.5 Å². The lowest BCUT2D eigenvalue weighted by Crippen LogP contribution is -2.57. The number of nitrogens with zero attached hydrogens (tertiary/aromatic N) is 3. The fourth-order valence-electron chi connectivity index (χ4n) is 4.35. The predicted octanol–water partition coefficient (Wildman–Crippen LogP) is 3.30. The smallest absolute Gasteiger partial charge is 0.247 e. The Hall–Kier alpha value is -1.60. The van der Waals surface area contributed by atoms with Crippen LogP contribution in [0.5, 0.6) is 0 Å². The summed E-state index contributed by atoms with van der Waals surface area (Å²) in [6, 6.07) is 5.00. The van der Waals surface area contributed by atoms with E-state index >= 15 is 0 Å². The van der Waals surface area contributed by atoms with Gasteiger partial charge in [-0.1, -0.05) is 29.3 Å². The van der Waals surface area contributed by atoms with Gasteiger partial charge in [-0.05, 0) is 69.5 Å². The number of rotatable bonds is 8. The Labute approximate surface area is 194 Å². The molecule has 1 N–H and O–H groups in total. The first-order valence-corrected chi connectivity index (χ1v) is 11.7. The zero-order valence-electron chi connectivity index (χ0n) is 18.0. The molecule has 0 bridgehead atoms. The Kier molecular flexibility index (Phi) is 8.78. The number of benzene rings is 1. The highest BCUT2D eigenvalue weighted by molar-refractivity contribution is 6.42. The predicted molar refractivity (Wildman–Crippen MR) is 124 cm³/mol. The first-order valence-electron chi connectivity index (χ1n) is 11.0. The molecule has 2 heterocycles. The van der Waals surface area contributed by atoms with Crippen molar-refractivity contribution in [2.75, 3.05) is 39.3 Å². The number of aliphatic hydroxyl groups is 1. The summed E-state index contributed by atoms with van der Waals surface area (Å²) >= 11 is 11.9. The summed E-state index contributed by atoms with van der Waals surface area (Å²) in [5.41, 5.74) is 0.779. The number of aliphatic hydroxyl groups excluding tert-OH is 1. The molecule has 2 saturated heterocycles. The van der Waals surface area contributed by atoms with Crippen LogP contribution in [0.15, 0.2) is 24.3 Å². The molecule has 2 atom stereocenters. The molecule has 170 valence electrons. The number of hydrogen-bond donors (Lipinski definition) is 1. The van der Waals surface area contributed by atoms with Gasteiger partial charge in [0.2, 0.25) is 11.8 Å². The molecule has 0 aliphatic carbocycles. The minimum Gasteiger partial charge on any atom is -0.395 e. The van der Waals surface area contributed by atoms with Crippen molar-refractivity contribution in [1.82, 2.24) is 14.7 Å². The zero-order chi connectivity index (χ0) is 22.4. The Balaban J connectivity index is 1.45. The molecule has 0 saturated carbocycles. The first-order chi connectivity index (χ1) is 14.9. The van der Waals surface area contributed by atoms with Gasteiger partial charge in [0.25, 0.3) is 0 Å². The van der Waals surface area contributed by atoms with Gasteiger partial charge in [0, 0.05) is 31.8 Å². The number of hydrogen-bond acceptors (Lipinski definition) is 4. The maximum Gasteiger partial charge on any atom is 0.247 e. The van der Waals surface area contributed by atoms with Gasteiger partial charge in [-0.2, -0.15) is 0 Å². The van der Waals surface area contributed by atoms with E-state index in [2.05, 4.69) is 4.90 Å². The normalized spacial score (nSPS) is 22.6. The number of amides is 2. The second-order valence-corrected chi connectivity index (χ2v) is 9.08. The van der Waals surface area contributed by atoms with Gasteiger partial charge in [0.1, 0.15) is 6.04 Å². The fraction of sp³-hybridized carbons (Fsp3) is 0.565. The van der Waals surface area contributed by atoms with Gasteiger partial charge < -0.3 is 14.9 Å². The van der Waals surface area contributed by atoms with Gasteiger partial charge in [0.05, 0.1) is 16.7 Å². The molecule has 1 aromatic carbocycles. The minimum atomic E-state index is -0.475. The van der Waals surface area contributed by atoms with Crippen molar-refractivity contribution in [2.45, 2.75) is 44.7 Å². The number of likely N-dealkylation sites (tertiary alicyclic amines) is 1. The molecule has 2 aliphatic heterocycles. The van der Waals surface area contributed by atoms with Crippen molar-refractivity contribution in [3.8, 4) is 0 Å². The molecule has 2 aliphatic rings. The van der Waals surface area contributed by atoms with E-state index in [9.17, 15) is 14.7 Å². The average Bonchev–Trinajstić information content (AvgIpc) is 3.22. The van der Waals surface area contributed by atoms with Crippen LogP contribution in [-0.2, 0) is 9.59 Å². The van der Waals surface area contributed by atoms with E-state index in [1.54, 1.807) is 36.1 Å². The highest BCUT2D eigenvalue weighted by Gasteiger charge is 2.33. The van der Waals surface area contributed by atoms with E-state index in [-0.39, 0.29) is 18.4 Å². The summed E-state index contributed by atoms with van der Waals surface area (Å²) in [5.74, 6) is -0.187. The third-order valence-corrected chi connectivity index (χ3v) is 6.96. The summed E-state index contributed by atoms with van der Waals surface area (Å²) in [7, 11) is 0. The molecule has 0 spiro atoms. The SMILES string of the molecule is CC1C(=O)N(CCCCN2CCC[C@@H]2CO)CCN1C(=O)/C=C/c1ccc(Cl)c(Cl)c1. The lowest BCUT2D eigenvalue weighted by Gasteiger charge is -2.38. The zero-order valence-corrected chi connectivity index (χ0v) is 19.5. The molecule has 6 nitrogen and oxygen atoms in total. The van der Waals surface area contributed by atoms with Crippen molar-refractivity contribution in [3.63, 3.8) is 0 Å². The summed E-state index contributed by atoms with van der Waals surface area (Å²) in [5, 5.41) is 10.3. The van der Waals surface area contributed by atoms with E-state index < -0.39 is 6.04 Å². The lowest BCUT2D eigenvalue weighted by molar-refractivity contribution is -0.148. The molecule has 1 unspecified atom stereocenters.